The molecule has 5 nitrogen and oxygen atoms in total. The minimum atomic E-state index is -0.325. The summed E-state index contributed by atoms with van der Waals surface area (Å²) >= 11 is 0. The highest BCUT2D eigenvalue weighted by atomic mass is 19.1. The van der Waals surface area contributed by atoms with E-state index in [0.29, 0.717) is 24.0 Å². The van der Waals surface area contributed by atoms with Gasteiger partial charge in [-0.3, -0.25) is 4.98 Å². The monoisotopic (exact) mass is 309 g/mol. The van der Waals surface area contributed by atoms with Crippen LogP contribution in [0.1, 0.15) is 11.3 Å². The van der Waals surface area contributed by atoms with Crippen LogP contribution in [0.3, 0.4) is 0 Å². The van der Waals surface area contributed by atoms with Crippen LogP contribution in [0.15, 0.2) is 54.9 Å². The maximum Gasteiger partial charge on any atom is 0.225 e. The highest BCUT2D eigenvalue weighted by molar-refractivity contribution is 5.58. The van der Waals surface area contributed by atoms with E-state index in [1.807, 2.05) is 19.1 Å². The van der Waals surface area contributed by atoms with E-state index in [0.717, 1.165) is 11.3 Å². The van der Waals surface area contributed by atoms with E-state index < -0.39 is 0 Å². The quantitative estimate of drug-likeness (QED) is 0.753. The second kappa shape index (κ2) is 6.83. The molecule has 0 aliphatic carbocycles. The summed E-state index contributed by atoms with van der Waals surface area (Å²) in [5.41, 5.74) is 2.19. The lowest BCUT2D eigenvalue weighted by atomic mass is 10.3. The first kappa shape index (κ1) is 14.9. The summed E-state index contributed by atoms with van der Waals surface area (Å²) in [5, 5.41) is 6.12. The van der Waals surface area contributed by atoms with Crippen molar-refractivity contribution in [3.63, 3.8) is 0 Å². The Morgan fingerprint density at radius 3 is 2.74 bits per heavy atom. The van der Waals surface area contributed by atoms with E-state index in [1.54, 1.807) is 36.7 Å². The highest BCUT2D eigenvalue weighted by Crippen LogP contribution is 2.19. The molecule has 6 heteroatoms. The molecule has 0 saturated heterocycles. The van der Waals surface area contributed by atoms with Crippen LogP contribution in [0.5, 0.6) is 0 Å². The van der Waals surface area contributed by atoms with Crippen molar-refractivity contribution >= 4 is 17.5 Å². The Bertz CT molecular complexity index is 792. The number of nitrogens with one attached hydrogen (secondary N) is 2. The van der Waals surface area contributed by atoms with E-state index in [9.17, 15) is 4.39 Å². The molecule has 0 spiro atoms. The molecule has 1 aromatic carbocycles. The van der Waals surface area contributed by atoms with Gasteiger partial charge in [0.1, 0.15) is 11.6 Å². The molecule has 23 heavy (non-hydrogen) atoms. The van der Waals surface area contributed by atoms with Crippen molar-refractivity contribution in [1.82, 2.24) is 15.0 Å². The standard InChI is InChI=1S/C17H16FN5/c1-12-9-16(22-15-7-3-2-6-14(15)18)23-17(21-12)20-11-13-5-4-8-19-10-13/h2-10H,11H2,1H3,(H2,20,21,22,23). The number of halogens is 1. The summed E-state index contributed by atoms with van der Waals surface area (Å²) < 4.78 is 13.7. The number of anilines is 3. The molecule has 2 aromatic heterocycles. The first-order valence-electron chi connectivity index (χ1n) is 7.21. The molecule has 3 rings (SSSR count). The van der Waals surface area contributed by atoms with Crippen molar-refractivity contribution in [3.05, 3.63) is 71.9 Å². The maximum absolute atomic E-state index is 13.7. The van der Waals surface area contributed by atoms with Crippen LogP contribution in [0.25, 0.3) is 0 Å². The number of nitrogens with zero attached hydrogens (tertiary/aromatic N) is 3. The molecule has 0 unspecified atom stereocenters. The molecule has 2 heterocycles. The minimum Gasteiger partial charge on any atom is -0.350 e. The average molecular weight is 309 g/mol. The Hall–Kier alpha value is -3.02. The van der Waals surface area contributed by atoms with E-state index in [2.05, 4.69) is 25.6 Å². The molecular weight excluding hydrogens is 293 g/mol. The van der Waals surface area contributed by atoms with Gasteiger partial charge in [0.2, 0.25) is 5.95 Å². The zero-order valence-corrected chi connectivity index (χ0v) is 12.6. The van der Waals surface area contributed by atoms with Gasteiger partial charge in [0, 0.05) is 30.7 Å². The molecule has 0 aliphatic rings. The number of aryl methyl sites for hydroxylation is 1. The largest absolute Gasteiger partial charge is 0.350 e. The lowest BCUT2D eigenvalue weighted by Crippen LogP contribution is -2.06. The smallest absolute Gasteiger partial charge is 0.225 e. The van der Waals surface area contributed by atoms with Crippen LogP contribution in [-0.2, 0) is 6.54 Å². The Kier molecular flexibility index (Phi) is 4.42. The molecule has 0 fully saturated rings. The van der Waals surface area contributed by atoms with Gasteiger partial charge < -0.3 is 10.6 Å². The lowest BCUT2D eigenvalue weighted by molar-refractivity contribution is 0.632. The predicted octanol–water partition coefficient (Wildman–Crippen LogP) is 3.67. The number of benzene rings is 1. The Morgan fingerprint density at radius 2 is 1.96 bits per heavy atom. The summed E-state index contributed by atoms with van der Waals surface area (Å²) in [6, 6.07) is 12.1. The van der Waals surface area contributed by atoms with Gasteiger partial charge in [-0.05, 0) is 30.7 Å². The van der Waals surface area contributed by atoms with Gasteiger partial charge >= 0.3 is 0 Å². The van der Waals surface area contributed by atoms with Crippen molar-refractivity contribution < 1.29 is 4.39 Å². The third-order valence-electron chi connectivity index (χ3n) is 3.16. The van der Waals surface area contributed by atoms with E-state index in [4.69, 9.17) is 0 Å². The van der Waals surface area contributed by atoms with Crippen molar-refractivity contribution in [2.75, 3.05) is 10.6 Å². The first-order valence-corrected chi connectivity index (χ1v) is 7.21. The van der Waals surface area contributed by atoms with Crippen molar-refractivity contribution in [3.8, 4) is 0 Å². The number of rotatable bonds is 5. The van der Waals surface area contributed by atoms with Gasteiger partial charge in [0.05, 0.1) is 5.69 Å². The van der Waals surface area contributed by atoms with Crippen LogP contribution in [0.2, 0.25) is 0 Å². The Balaban J connectivity index is 1.75. The lowest BCUT2D eigenvalue weighted by Gasteiger charge is -2.10. The number of hydrogen-bond donors (Lipinski definition) is 2. The van der Waals surface area contributed by atoms with Gasteiger partial charge in [0.25, 0.3) is 0 Å². The van der Waals surface area contributed by atoms with Gasteiger partial charge in [-0.15, -0.1) is 0 Å². The van der Waals surface area contributed by atoms with Crippen LogP contribution < -0.4 is 10.6 Å². The van der Waals surface area contributed by atoms with E-state index >= 15 is 0 Å². The molecule has 116 valence electrons. The fourth-order valence-electron chi connectivity index (χ4n) is 2.10. The topological polar surface area (TPSA) is 62.7 Å². The second-order valence-electron chi connectivity index (χ2n) is 5.04. The minimum absolute atomic E-state index is 0.325. The van der Waals surface area contributed by atoms with Crippen LogP contribution >= 0.6 is 0 Å². The van der Waals surface area contributed by atoms with E-state index in [1.165, 1.54) is 6.07 Å². The van der Waals surface area contributed by atoms with Gasteiger partial charge in [-0.25, -0.2) is 9.37 Å². The molecule has 0 atom stereocenters. The van der Waals surface area contributed by atoms with Gasteiger partial charge in [-0.1, -0.05) is 18.2 Å². The summed E-state index contributed by atoms with van der Waals surface area (Å²) in [4.78, 5) is 12.8. The number of pyridine rings is 1. The van der Waals surface area contributed by atoms with Crippen molar-refractivity contribution in [2.24, 2.45) is 0 Å². The first-order chi connectivity index (χ1) is 11.2. The van der Waals surface area contributed by atoms with Crippen LogP contribution in [0, 0.1) is 12.7 Å². The van der Waals surface area contributed by atoms with Gasteiger partial charge in [-0.2, -0.15) is 4.98 Å². The molecule has 0 saturated carbocycles. The highest BCUT2D eigenvalue weighted by Gasteiger charge is 2.05. The molecular formula is C17H16FN5. The summed E-state index contributed by atoms with van der Waals surface area (Å²) in [6.45, 7) is 2.43. The predicted molar refractivity (Wildman–Crippen MR) is 88.0 cm³/mol. The molecule has 0 radical (unpaired) electrons. The normalized spacial score (nSPS) is 10.3. The van der Waals surface area contributed by atoms with Gasteiger partial charge in [0.15, 0.2) is 0 Å². The molecule has 2 N–H and O–H groups in total. The zero-order chi connectivity index (χ0) is 16.1. The van der Waals surface area contributed by atoms with Crippen LogP contribution in [0.4, 0.5) is 21.8 Å². The van der Waals surface area contributed by atoms with Crippen LogP contribution in [-0.4, -0.2) is 15.0 Å². The molecule has 0 amide bonds. The Labute approximate surface area is 133 Å². The fraction of sp³-hybridized carbons (Fsp3) is 0.118. The summed E-state index contributed by atoms with van der Waals surface area (Å²) in [7, 11) is 0. The molecule has 0 aliphatic heterocycles. The third-order valence-corrected chi connectivity index (χ3v) is 3.16. The summed E-state index contributed by atoms with van der Waals surface area (Å²) in [5.74, 6) is 0.692. The van der Waals surface area contributed by atoms with E-state index in [-0.39, 0.29) is 5.82 Å². The molecule has 0 bridgehead atoms. The van der Waals surface area contributed by atoms with Crippen molar-refractivity contribution in [1.29, 1.82) is 0 Å². The second-order valence-corrected chi connectivity index (χ2v) is 5.04. The Morgan fingerprint density at radius 1 is 1.09 bits per heavy atom. The summed E-state index contributed by atoms with van der Waals surface area (Å²) in [6.07, 6.45) is 3.50. The van der Waals surface area contributed by atoms with Crippen molar-refractivity contribution in [2.45, 2.75) is 13.5 Å². The fourth-order valence-corrected chi connectivity index (χ4v) is 2.10. The average Bonchev–Trinajstić information content (AvgIpc) is 2.56. The third kappa shape index (κ3) is 4.00. The SMILES string of the molecule is Cc1cc(Nc2ccccc2F)nc(NCc2cccnc2)n1. The number of aromatic nitrogens is 3. The zero-order valence-electron chi connectivity index (χ0n) is 12.6. The molecule has 3 aromatic rings. The number of para-hydroxylation sites is 1. The number of hydrogen-bond acceptors (Lipinski definition) is 5. The maximum atomic E-state index is 13.7.